The molecule has 0 bridgehead atoms. The van der Waals surface area contributed by atoms with Crippen LogP contribution in [0, 0.1) is 0 Å². The largest absolute Gasteiger partial charge is 0.303 e. The predicted molar refractivity (Wildman–Crippen MR) is 126 cm³/mol. The number of aromatic nitrogens is 1. The SMILES string of the molecule is NS(=O)(=O)c1ccccc1.O=S(=O)(Nc1cccn1-c1ccc(Cl)cc1)c1ccccc1. The molecule has 7 nitrogen and oxygen atoms in total. The number of hydrogen-bond donors (Lipinski definition) is 2. The van der Waals surface area contributed by atoms with Crippen molar-refractivity contribution in [3.8, 4) is 5.69 Å². The summed E-state index contributed by atoms with van der Waals surface area (Å²) in [5.41, 5.74) is 0.820. The Morgan fingerprint density at radius 3 is 1.72 bits per heavy atom. The first-order chi connectivity index (χ1) is 15.2. The van der Waals surface area contributed by atoms with E-state index in [4.69, 9.17) is 16.7 Å². The van der Waals surface area contributed by atoms with Crippen LogP contribution < -0.4 is 9.86 Å². The van der Waals surface area contributed by atoms with E-state index < -0.39 is 20.0 Å². The Hall–Kier alpha value is -3.11. The number of hydrogen-bond acceptors (Lipinski definition) is 4. The van der Waals surface area contributed by atoms with Gasteiger partial charge in [0.15, 0.2) is 0 Å². The number of sulfonamides is 2. The Bertz CT molecular complexity index is 1370. The molecule has 3 N–H and O–H groups in total. The van der Waals surface area contributed by atoms with Crippen molar-refractivity contribution in [1.29, 1.82) is 0 Å². The number of nitrogens with two attached hydrogens (primary N) is 1. The molecular formula is C22H20ClN3O4S2. The van der Waals surface area contributed by atoms with Crippen LogP contribution in [0.2, 0.25) is 5.02 Å². The van der Waals surface area contributed by atoms with Crippen molar-refractivity contribution in [2.45, 2.75) is 9.79 Å². The van der Waals surface area contributed by atoms with Crippen molar-refractivity contribution in [2.24, 2.45) is 5.14 Å². The van der Waals surface area contributed by atoms with Gasteiger partial charge in [-0.25, -0.2) is 22.0 Å². The third kappa shape index (κ3) is 6.21. The van der Waals surface area contributed by atoms with Gasteiger partial charge in [0.1, 0.15) is 5.82 Å². The lowest BCUT2D eigenvalue weighted by atomic mass is 10.3. The first-order valence-corrected chi connectivity index (χ1v) is 12.7. The maximum Gasteiger partial charge on any atom is 0.263 e. The van der Waals surface area contributed by atoms with Gasteiger partial charge < -0.3 is 4.57 Å². The van der Waals surface area contributed by atoms with Crippen LogP contribution in [0.25, 0.3) is 5.69 Å². The average molecular weight is 490 g/mol. The molecule has 0 amide bonds. The van der Waals surface area contributed by atoms with Crippen molar-refractivity contribution in [3.63, 3.8) is 0 Å². The second kappa shape index (κ2) is 10.0. The number of nitrogens with zero attached hydrogens (tertiary/aromatic N) is 1. The standard InChI is InChI=1S/C16H13ClN2O2S.C6H7NO2S/c17-13-8-10-14(11-9-13)19-12-4-7-16(19)18-22(20,21)15-5-2-1-3-6-15;7-10(8,9)6-4-2-1-3-5-6/h1-12,18H;1-5H,(H2,7,8,9). The summed E-state index contributed by atoms with van der Waals surface area (Å²) in [7, 11) is -7.12. The molecule has 0 aliphatic rings. The molecule has 0 aliphatic carbocycles. The molecule has 0 fully saturated rings. The van der Waals surface area contributed by atoms with E-state index in [1.807, 2.05) is 12.1 Å². The van der Waals surface area contributed by atoms with Crippen LogP contribution in [0.5, 0.6) is 0 Å². The number of rotatable bonds is 5. The van der Waals surface area contributed by atoms with Crippen LogP contribution in [0.15, 0.2) is 113 Å². The lowest BCUT2D eigenvalue weighted by molar-refractivity contribution is 0.597. The smallest absolute Gasteiger partial charge is 0.263 e. The van der Waals surface area contributed by atoms with Crippen LogP contribution in [-0.4, -0.2) is 21.4 Å². The molecule has 0 saturated carbocycles. The minimum absolute atomic E-state index is 0.148. The van der Waals surface area contributed by atoms with Gasteiger partial charge in [-0.05, 0) is 60.7 Å². The number of nitrogens with one attached hydrogen (secondary N) is 1. The molecule has 4 rings (SSSR count). The molecule has 1 heterocycles. The average Bonchev–Trinajstić information content (AvgIpc) is 3.23. The summed E-state index contributed by atoms with van der Waals surface area (Å²) >= 11 is 5.88. The van der Waals surface area contributed by atoms with E-state index in [1.54, 1.807) is 83.6 Å². The molecule has 4 aromatic rings. The monoisotopic (exact) mass is 489 g/mol. The highest BCUT2D eigenvalue weighted by molar-refractivity contribution is 7.92. The lowest BCUT2D eigenvalue weighted by Crippen LogP contribution is -2.15. The molecular weight excluding hydrogens is 470 g/mol. The van der Waals surface area contributed by atoms with Gasteiger partial charge in [-0.1, -0.05) is 48.0 Å². The zero-order valence-electron chi connectivity index (χ0n) is 16.7. The summed E-state index contributed by atoms with van der Waals surface area (Å²) < 4.78 is 50.3. The molecule has 3 aromatic carbocycles. The van der Waals surface area contributed by atoms with Gasteiger partial charge in [0.05, 0.1) is 9.79 Å². The molecule has 0 unspecified atom stereocenters. The molecule has 0 radical (unpaired) electrons. The zero-order valence-corrected chi connectivity index (χ0v) is 19.1. The van der Waals surface area contributed by atoms with E-state index >= 15 is 0 Å². The van der Waals surface area contributed by atoms with Gasteiger partial charge in [-0.15, -0.1) is 0 Å². The van der Waals surface area contributed by atoms with E-state index in [-0.39, 0.29) is 9.79 Å². The van der Waals surface area contributed by atoms with E-state index in [0.29, 0.717) is 10.8 Å². The molecule has 0 saturated heterocycles. The Kier molecular flexibility index (Phi) is 7.37. The van der Waals surface area contributed by atoms with Crippen LogP contribution in [0.3, 0.4) is 0 Å². The van der Waals surface area contributed by atoms with Gasteiger partial charge >= 0.3 is 0 Å². The third-order valence-corrected chi connectivity index (χ3v) is 6.77. The van der Waals surface area contributed by atoms with Crippen LogP contribution >= 0.6 is 11.6 Å². The second-order valence-electron chi connectivity index (χ2n) is 6.52. The quantitative estimate of drug-likeness (QED) is 0.436. The van der Waals surface area contributed by atoms with Crippen LogP contribution in [-0.2, 0) is 20.0 Å². The van der Waals surface area contributed by atoms with Gasteiger partial charge in [-0.3, -0.25) is 4.72 Å². The van der Waals surface area contributed by atoms with Crippen molar-refractivity contribution >= 4 is 37.5 Å². The molecule has 32 heavy (non-hydrogen) atoms. The number of primary sulfonamides is 1. The maximum atomic E-state index is 12.4. The number of anilines is 1. The molecule has 0 atom stereocenters. The van der Waals surface area contributed by atoms with Gasteiger partial charge in [-0.2, -0.15) is 0 Å². The van der Waals surface area contributed by atoms with Crippen LogP contribution in [0.4, 0.5) is 5.82 Å². The van der Waals surface area contributed by atoms with Crippen LogP contribution in [0.1, 0.15) is 0 Å². The Labute approximate surface area is 192 Å². The fourth-order valence-corrected chi connectivity index (χ4v) is 4.43. The highest BCUT2D eigenvalue weighted by Crippen LogP contribution is 2.22. The molecule has 1 aromatic heterocycles. The minimum Gasteiger partial charge on any atom is -0.303 e. The first kappa shape index (κ1) is 23.6. The van der Waals surface area contributed by atoms with Crippen molar-refractivity contribution in [2.75, 3.05) is 4.72 Å². The summed E-state index contributed by atoms with van der Waals surface area (Å²) in [6.07, 6.45) is 1.78. The summed E-state index contributed by atoms with van der Waals surface area (Å²) in [5.74, 6) is 0.464. The Balaban J connectivity index is 0.000000243. The Morgan fingerprint density at radius 1 is 0.688 bits per heavy atom. The third-order valence-electron chi connectivity index (χ3n) is 4.22. The van der Waals surface area contributed by atoms with E-state index in [1.165, 1.54) is 12.1 Å². The fraction of sp³-hybridized carbons (Fsp3) is 0. The topological polar surface area (TPSA) is 111 Å². The second-order valence-corrected chi connectivity index (χ2v) is 10.2. The fourth-order valence-electron chi connectivity index (χ4n) is 2.70. The molecule has 10 heteroatoms. The zero-order chi connectivity index (χ0) is 23.2. The van der Waals surface area contributed by atoms with Crippen molar-refractivity contribution < 1.29 is 16.8 Å². The molecule has 0 spiro atoms. The summed E-state index contributed by atoms with van der Waals surface area (Å²) in [4.78, 5) is 0.369. The summed E-state index contributed by atoms with van der Waals surface area (Å²) in [6.45, 7) is 0. The van der Waals surface area contributed by atoms with Crippen molar-refractivity contribution in [1.82, 2.24) is 4.57 Å². The highest BCUT2D eigenvalue weighted by Gasteiger charge is 2.15. The summed E-state index contributed by atoms with van der Waals surface area (Å²) in [6, 6.07) is 26.8. The maximum absolute atomic E-state index is 12.4. The van der Waals surface area contributed by atoms with E-state index in [9.17, 15) is 16.8 Å². The first-order valence-electron chi connectivity index (χ1n) is 9.26. The normalized spacial score (nSPS) is 11.3. The highest BCUT2D eigenvalue weighted by atomic mass is 35.5. The summed E-state index contributed by atoms with van der Waals surface area (Å²) in [5, 5.41) is 5.46. The van der Waals surface area contributed by atoms with E-state index in [2.05, 4.69) is 4.72 Å². The lowest BCUT2D eigenvalue weighted by Gasteiger charge is -2.12. The van der Waals surface area contributed by atoms with Gasteiger partial charge in [0.2, 0.25) is 10.0 Å². The number of halogens is 1. The Morgan fingerprint density at radius 2 is 1.22 bits per heavy atom. The minimum atomic E-state index is -3.62. The predicted octanol–water partition coefficient (Wildman–Crippen LogP) is 4.27. The number of benzene rings is 3. The molecule has 0 aliphatic heterocycles. The van der Waals surface area contributed by atoms with Crippen molar-refractivity contribution in [3.05, 3.63) is 108 Å². The van der Waals surface area contributed by atoms with Gasteiger partial charge in [0.25, 0.3) is 10.0 Å². The molecule has 166 valence electrons. The van der Waals surface area contributed by atoms with Gasteiger partial charge in [0, 0.05) is 16.9 Å². The van der Waals surface area contributed by atoms with E-state index in [0.717, 1.165) is 5.69 Å².